The Labute approximate surface area is 157 Å². The molecule has 2 aromatic carbocycles. The van der Waals surface area contributed by atoms with Gasteiger partial charge >= 0.3 is 0 Å². The number of terminal acetylenes is 1. The second-order valence-corrected chi connectivity index (χ2v) is 7.32. The molecule has 0 aliphatic carbocycles. The Hall–Kier alpha value is -2.53. The fourth-order valence-electron chi connectivity index (χ4n) is 1.99. The third-order valence-corrected chi connectivity index (χ3v) is 4.89. The van der Waals surface area contributed by atoms with Gasteiger partial charge < -0.3 is 10.1 Å². The van der Waals surface area contributed by atoms with Gasteiger partial charge in [0.1, 0.15) is 12.4 Å². The van der Waals surface area contributed by atoms with Crippen LogP contribution in [0.1, 0.15) is 10.4 Å². The molecule has 0 spiro atoms. The molecule has 0 radical (unpaired) electrons. The van der Waals surface area contributed by atoms with Gasteiger partial charge in [-0.3, -0.25) is 4.79 Å². The number of nitrogens with one attached hydrogen (secondary N) is 2. The molecule has 0 saturated carbocycles. The average molecular weight is 393 g/mol. The highest BCUT2D eigenvalue weighted by molar-refractivity contribution is 7.89. The smallest absolute Gasteiger partial charge is 0.251 e. The highest BCUT2D eigenvalue weighted by atomic mass is 35.5. The standard InChI is InChI=1S/C18H17ClN2O4S/c1-2-10-21-26(23,24)17-5-3-4-14(13-17)18(22)20-11-12-25-16-8-6-15(19)7-9-16/h1,3-9,13,21H,10-12H2,(H,20,22). The molecular weight excluding hydrogens is 376 g/mol. The summed E-state index contributed by atoms with van der Waals surface area (Å²) in [7, 11) is -3.75. The van der Waals surface area contributed by atoms with Crippen LogP contribution in [-0.4, -0.2) is 34.0 Å². The Morgan fingerprint density at radius 1 is 1.19 bits per heavy atom. The maximum atomic E-state index is 12.2. The van der Waals surface area contributed by atoms with Crippen LogP contribution in [0.25, 0.3) is 0 Å². The SMILES string of the molecule is C#CCNS(=O)(=O)c1cccc(C(=O)NCCOc2ccc(Cl)cc2)c1. The highest BCUT2D eigenvalue weighted by Crippen LogP contribution is 2.15. The number of sulfonamides is 1. The lowest BCUT2D eigenvalue weighted by Gasteiger charge is -2.09. The van der Waals surface area contributed by atoms with Gasteiger partial charge in [-0.05, 0) is 42.5 Å². The van der Waals surface area contributed by atoms with Gasteiger partial charge in [0.2, 0.25) is 10.0 Å². The minimum atomic E-state index is -3.75. The van der Waals surface area contributed by atoms with E-state index >= 15 is 0 Å². The summed E-state index contributed by atoms with van der Waals surface area (Å²) in [6.45, 7) is 0.393. The second kappa shape index (κ2) is 9.25. The van der Waals surface area contributed by atoms with Crippen molar-refractivity contribution in [3.8, 4) is 18.1 Å². The van der Waals surface area contributed by atoms with Crippen LogP contribution >= 0.6 is 11.6 Å². The summed E-state index contributed by atoms with van der Waals surface area (Å²) in [6, 6.07) is 12.5. The zero-order chi connectivity index (χ0) is 19.0. The van der Waals surface area contributed by atoms with Gasteiger partial charge in [-0.1, -0.05) is 23.6 Å². The predicted molar refractivity (Wildman–Crippen MR) is 99.7 cm³/mol. The quantitative estimate of drug-likeness (QED) is 0.532. The summed E-state index contributed by atoms with van der Waals surface area (Å²) >= 11 is 5.79. The fraction of sp³-hybridized carbons (Fsp3) is 0.167. The Morgan fingerprint density at radius 3 is 2.62 bits per heavy atom. The molecule has 0 fully saturated rings. The van der Waals surface area contributed by atoms with Crippen LogP contribution in [0.4, 0.5) is 0 Å². The van der Waals surface area contributed by atoms with Gasteiger partial charge in [-0.25, -0.2) is 8.42 Å². The first-order valence-corrected chi connectivity index (χ1v) is 9.48. The topological polar surface area (TPSA) is 84.5 Å². The number of benzene rings is 2. The summed E-state index contributed by atoms with van der Waals surface area (Å²) in [5.41, 5.74) is 0.222. The van der Waals surface area contributed by atoms with E-state index in [0.717, 1.165) is 0 Å². The molecule has 0 aliphatic rings. The Bertz CT molecular complexity index is 906. The number of ether oxygens (including phenoxy) is 1. The van der Waals surface area contributed by atoms with E-state index in [-0.39, 0.29) is 30.2 Å². The van der Waals surface area contributed by atoms with Crippen LogP contribution in [0.15, 0.2) is 53.4 Å². The predicted octanol–water partition coefficient (Wildman–Crippen LogP) is 2.06. The van der Waals surface area contributed by atoms with Crippen molar-refractivity contribution >= 4 is 27.5 Å². The molecule has 6 nitrogen and oxygen atoms in total. The van der Waals surface area contributed by atoms with Crippen molar-refractivity contribution in [2.75, 3.05) is 19.7 Å². The van der Waals surface area contributed by atoms with E-state index in [0.29, 0.717) is 10.8 Å². The Morgan fingerprint density at radius 2 is 1.92 bits per heavy atom. The Kier molecular flexibility index (Phi) is 7.04. The van der Waals surface area contributed by atoms with Crippen LogP contribution in [0.5, 0.6) is 5.75 Å². The van der Waals surface area contributed by atoms with E-state index in [2.05, 4.69) is 16.0 Å². The molecule has 0 heterocycles. The van der Waals surface area contributed by atoms with Crippen molar-refractivity contribution < 1.29 is 17.9 Å². The monoisotopic (exact) mass is 392 g/mol. The number of hydrogen-bond donors (Lipinski definition) is 2. The maximum Gasteiger partial charge on any atom is 0.251 e. The highest BCUT2D eigenvalue weighted by Gasteiger charge is 2.15. The molecule has 2 N–H and O–H groups in total. The van der Waals surface area contributed by atoms with E-state index in [1.807, 2.05) is 0 Å². The molecule has 0 bridgehead atoms. The van der Waals surface area contributed by atoms with Crippen LogP contribution in [0.3, 0.4) is 0 Å². The summed E-state index contributed by atoms with van der Waals surface area (Å²) in [5.74, 6) is 2.42. The van der Waals surface area contributed by atoms with Crippen molar-refractivity contribution in [2.45, 2.75) is 4.90 Å². The lowest BCUT2D eigenvalue weighted by Crippen LogP contribution is -2.29. The van der Waals surface area contributed by atoms with Crippen LogP contribution in [-0.2, 0) is 10.0 Å². The van der Waals surface area contributed by atoms with Crippen LogP contribution < -0.4 is 14.8 Å². The molecule has 0 saturated heterocycles. The summed E-state index contributed by atoms with van der Waals surface area (Å²) < 4.78 is 31.8. The molecule has 0 aliphatic heterocycles. The first-order valence-electron chi connectivity index (χ1n) is 7.62. The van der Waals surface area contributed by atoms with Crippen LogP contribution in [0.2, 0.25) is 5.02 Å². The molecule has 136 valence electrons. The lowest BCUT2D eigenvalue weighted by molar-refractivity contribution is 0.0947. The average Bonchev–Trinajstić information content (AvgIpc) is 2.65. The molecule has 26 heavy (non-hydrogen) atoms. The molecule has 8 heteroatoms. The summed E-state index contributed by atoms with van der Waals surface area (Å²) in [5, 5.41) is 3.27. The minimum Gasteiger partial charge on any atom is -0.492 e. The van der Waals surface area contributed by atoms with Crippen molar-refractivity contribution in [3.05, 3.63) is 59.1 Å². The molecular formula is C18H17ClN2O4S. The molecule has 2 aromatic rings. The molecule has 0 aromatic heterocycles. The van der Waals surface area contributed by atoms with E-state index in [1.54, 1.807) is 24.3 Å². The fourth-order valence-corrected chi connectivity index (χ4v) is 3.10. The first kappa shape index (κ1) is 19.8. The molecule has 2 rings (SSSR count). The number of carbonyl (C=O) groups excluding carboxylic acids is 1. The zero-order valence-corrected chi connectivity index (χ0v) is 15.3. The molecule has 0 atom stereocenters. The van der Waals surface area contributed by atoms with E-state index < -0.39 is 15.9 Å². The summed E-state index contributed by atoms with van der Waals surface area (Å²) in [6.07, 6.45) is 5.05. The number of halogens is 1. The number of hydrogen-bond acceptors (Lipinski definition) is 4. The summed E-state index contributed by atoms with van der Waals surface area (Å²) in [4.78, 5) is 12.1. The van der Waals surface area contributed by atoms with Crippen LogP contribution in [0, 0.1) is 12.3 Å². The first-order chi connectivity index (χ1) is 12.4. The van der Waals surface area contributed by atoms with E-state index in [9.17, 15) is 13.2 Å². The van der Waals surface area contributed by atoms with Gasteiger partial charge in [0.05, 0.1) is 18.0 Å². The van der Waals surface area contributed by atoms with Gasteiger partial charge in [0.15, 0.2) is 0 Å². The van der Waals surface area contributed by atoms with E-state index in [4.69, 9.17) is 22.8 Å². The van der Waals surface area contributed by atoms with Crippen molar-refractivity contribution in [1.29, 1.82) is 0 Å². The Balaban J connectivity index is 1.90. The van der Waals surface area contributed by atoms with Gasteiger partial charge in [-0.2, -0.15) is 4.72 Å². The number of rotatable bonds is 8. The van der Waals surface area contributed by atoms with Crippen molar-refractivity contribution in [1.82, 2.24) is 10.0 Å². The number of carbonyl (C=O) groups is 1. The van der Waals surface area contributed by atoms with Gasteiger partial charge in [0, 0.05) is 10.6 Å². The maximum absolute atomic E-state index is 12.2. The van der Waals surface area contributed by atoms with Crippen molar-refractivity contribution in [2.24, 2.45) is 0 Å². The second-order valence-electron chi connectivity index (χ2n) is 5.11. The van der Waals surface area contributed by atoms with Gasteiger partial charge in [-0.15, -0.1) is 6.42 Å². The normalized spacial score (nSPS) is 10.8. The third kappa shape index (κ3) is 5.77. The lowest BCUT2D eigenvalue weighted by atomic mass is 10.2. The molecule has 0 unspecified atom stereocenters. The zero-order valence-electron chi connectivity index (χ0n) is 13.7. The van der Waals surface area contributed by atoms with E-state index in [1.165, 1.54) is 24.3 Å². The molecule has 1 amide bonds. The van der Waals surface area contributed by atoms with Crippen molar-refractivity contribution in [3.63, 3.8) is 0 Å². The van der Waals surface area contributed by atoms with Gasteiger partial charge in [0.25, 0.3) is 5.91 Å². The third-order valence-electron chi connectivity index (χ3n) is 3.24. The number of amides is 1. The minimum absolute atomic E-state index is 0.0298. The largest absolute Gasteiger partial charge is 0.492 e.